The van der Waals surface area contributed by atoms with Crippen molar-refractivity contribution in [2.24, 2.45) is 0 Å². The molecule has 7 heteroatoms. The van der Waals surface area contributed by atoms with Crippen LogP contribution in [0.5, 0.6) is 0 Å². The molecular weight excluding hydrogens is 296 g/mol. The lowest BCUT2D eigenvalue weighted by Gasteiger charge is -2.10. The van der Waals surface area contributed by atoms with Gasteiger partial charge in [-0.25, -0.2) is 9.48 Å². The van der Waals surface area contributed by atoms with E-state index < -0.39 is 5.97 Å². The van der Waals surface area contributed by atoms with Crippen LogP contribution < -0.4 is 5.32 Å². The first-order chi connectivity index (χ1) is 11.0. The van der Waals surface area contributed by atoms with Crippen molar-refractivity contribution in [2.75, 3.05) is 6.54 Å². The van der Waals surface area contributed by atoms with Crippen molar-refractivity contribution in [3.63, 3.8) is 0 Å². The van der Waals surface area contributed by atoms with E-state index in [1.165, 1.54) is 4.68 Å². The Balaban J connectivity index is 2.45. The molecule has 0 saturated heterocycles. The number of amides is 1. The highest BCUT2D eigenvalue weighted by Crippen LogP contribution is 2.18. The van der Waals surface area contributed by atoms with Gasteiger partial charge in [-0.2, -0.15) is 0 Å². The van der Waals surface area contributed by atoms with Crippen LogP contribution in [0.2, 0.25) is 0 Å². The number of carboxylic acids is 1. The summed E-state index contributed by atoms with van der Waals surface area (Å²) in [4.78, 5) is 23.2. The third-order valence-corrected chi connectivity index (χ3v) is 3.49. The van der Waals surface area contributed by atoms with Gasteiger partial charge in [0, 0.05) is 12.1 Å². The zero-order chi connectivity index (χ0) is 17.0. The van der Waals surface area contributed by atoms with E-state index in [2.05, 4.69) is 15.6 Å². The highest BCUT2D eigenvalue weighted by atomic mass is 16.4. The van der Waals surface area contributed by atoms with Crippen LogP contribution in [0.1, 0.15) is 52.4 Å². The van der Waals surface area contributed by atoms with Gasteiger partial charge in [0.1, 0.15) is 0 Å². The first-order valence-corrected chi connectivity index (χ1v) is 7.56. The van der Waals surface area contributed by atoms with E-state index in [1.807, 2.05) is 26.8 Å². The molecule has 2 aromatic rings. The van der Waals surface area contributed by atoms with E-state index in [4.69, 9.17) is 0 Å². The fourth-order valence-corrected chi connectivity index (χ4v) is 2.43. The number of aryl methyl sites for hydroxylation is 1. The second kappa shape index (κ2) is 7.04. The molecule has 2 rings (SSSR count). The Morgan fingerprint density at radius 1 is 1.30 bits per heavy atom. The number of hydrogen-bond donors (Lipinski definition) is 2. The number of carbonyl (C=O) groups excluding carboxylic acids is 1. The largest absolute Gasteiger partial charge is 0.476 e. The van der Waals surface area contributed by atoms with Gasteiger partial charge in [-0.1, -0.05) is 18.6 Å². The van der Waals surface area contributed by atoms with Crippen LogP contribution in [0.15, 0.2) is 18.2 Å². The number of carboxylic acid groups (broad SMARTS) is 1. The molecular formula is C16H20N4O3. The molecule has 2 N–H and O–H groups in total. The van der Waals surface area contributed by atoms with Gasteiger partial charge in [-0.05, 0) is 44.0 Å². The molecule has 122 valence electrons. The average Bonchev–Trinajstić information content (AvgIpc) is 2.91. The van der Waals surface area contributed by atoms with Crippen LogP contribution in [0, 0.1) is 6.92 Å². The predicted octanol–water partition coefficient (Wildman–Crippen LogP) is 1.98. The van der Waals surface area contributed by atoms with Crippen molar-refractivity contribution in [3.05, 3.63) is 40.7 Å². The molecule has 7 nitrogen and oxygen atoms in total. The van der Waals surface area contributed by atoms with E-state index in [9.17, 15) is 14.7 Å². The Bertz CT molecular complexity index is 737. The van der Waals surface area contributed by atoms with Crippen LogP contribution in [0.4, 0.5) is 0 Å². The molecule has 0 bridgehead atoms. The molecule has 0 aliphatic heterocycles. The Hall–Kier alpha value is -2.70. The van der Waals surface area contributed by atoms with Crippen molar-refractivity contribution in [1.29, 1.82) is 0 Å². The van der Waals surface area contributed by atoms with Crippen molar-refractivity contribution in [3.8, 4) is 5.69 Å². The van der Waals surface area contributed by atoms with Gasteiger partial charge in [0.05, 0.1) is 11.4 Å². The van der Waals surface area contributed by atoms with Gasteiger partial charge in [0.2, 0.25) is 0 Å². The molecule has 1 heterocycles. The lowest BCUT2D eigenvalue weighted by molar-refractivity contribution is 0.0689. The zero-order valence-electron chi connectivity index (χ0n) is 13.5. The SMILES string of the molecule is CCCc1c(C(=O)O)nnn1-c1ccc(C(=O)NCC)c(C)c1. The molecule has 0 unspecified atom stereocenters. The average molecular weight is 316 g/mol. The van der Waals surface area contributed by atoms with Crippen LogP contribution in [-0.4, -0.2) is 38.5 Å². The molecule has 0 aliphatic rings. The normalized spacial score (nSPS) is 10.6. The van der Waals surface area contributed by atoms with Gasteiger partial charge < -0.3 is 10.4 Å². The maximum absolute atomic E-state index is 12.0. The zero-order valence-corrected chi connectivity index (χ0v) is 13.5. The molecule has 0 aliphatic carbocycles. The monoisotopic (exact) mass is 316 g/mol. The van der Waals surface area contributed by atoms with Crippen molar-refractivity contribution >= 4 is 11.9 Å². The maximum Gasteiger partial charge on any atom is 0.358 e. The summed E-state index contributed by atoms with van der Waals surface area (Å²) in [5.74, 6) is -1.22. The van der Waals surface area contributed by atoms with Crippen LogP contribution in [0.25, 0.3) is 5.69 Å². The molecule has 0 spiro atoms. The third-order valence-electron chi connectivity index (χ3n) is 3.49. The fraction of sp³-hybridized carbons (Fsp3) is 0.375. The summed E-state index contributed by atoms with van der Waals surface area (Å²) in [6.45, 7) is 6.22. The van der Waals surface area contributed by atoms with Gasteiger partial charge in [-0.15, -0.1) is 5.10 Å². The smallest absolute Gasteiger partial charge is 0.358 e. The second-order valence-electron chi connectivity index (χ2n) is 5.21. The third kappa shape index (κ3) is 3.39. The molecule has 1 aromatic carbocycles. The van der Waals surface area contributed by atoms with Gasteiger partial charge >= 0.3 is 5.97 Å². The summed E-state index contributed by atoms with van der Waals surface area (Å²) >= 11 is 0. The quantitative estimate of drug-likeness (QED) is 0.849. The van der Waals surface area contributed by atoms with E-state index in [1.54, 1.807) is 12.1 Å². The molecule has 1 amide bonds. The summed E-state index contributed by atoms with van der Waals surface area (Å²) in [6.07, 6.45) is 1.34. The molecule has 0 fully saturated rings. The minimum Gasteiger partial charge on any atom is -0.476 e. The number of aromatic nitrogens is 3. The first-order valence-electron chi connectivity index (χ1n) is 7.56. The minimum absolute atomic E-state index is 0.0303. The summed E-state index contributed by atoms with van der Waals surface area (Å²) in [5, 5.41) is 19.7. The Morgan fingerprint density at radius 3 is 2.61 bits per heavy atom. The lowest BCUT2D eigenvalue weighted by Crippen LogP contribution is -2.23. The van der Waals surface area contributed by atoms with Gasteiger partial charge in [0.25, 0.3) is 5.91 Å². The molecule has 23 heavy (non-hydrogen) atoms. The van der Waals surface area contributed by atoms with Crippen LogP contribution in [0.3, 0.4) is 0 Å². The highest BCUT2D eigenvalue weighted by molar-refractivity contribution is 5.95. The molecule has 0 saturated carbocycles. The number of nitrogens with one attached hydrogen (secondary N) is 1. The molecule has 1 aromatic heterocycles. The number of rotatable bonds is 6. The van der Waals surface area contributed by atoms with Gasteiger partial charge in [-0.3, -0.25) is 4.79 Å². The van der Waals surface area contributed by atoms with Crippen molar-refractivity contribution in [1.82, 2.24) is 20.3 Å². The van der Waals surface area contributed by atoms with Crippen LogP contribution >= 0.6 is 0 Å². The first kappa shape index (κ1) is 16.7. The Morgan fingerprint density at radius 2 is 2.04 bits per heavy atom. The van der Waals surface area contributed by atoms with E-state index >= 15 is 0 Å². The summed E-state index contributed by atoms with van der Waals surface area (Å²) in [7, 11) is 0. The van der Waals surface area contributed by atoms with Crippen molar-refractivity contribution < 1.29 is 14.7 Å². The Kier molecular flexibility index (Phi) is 5.10. The van der Waals surface area contributed by atoms with Gasteiger partial charge in [0.15, 0.2) is 5.69 Å². The minimum atomic E-state index is -1.09. The topological polar surface area (TPSA) is 97.1 Å². The summed E-state index contributed by atoms with van der Waals surface area (Å²) < 4.78 is 1.53. The van der Waals surface area contributed by atoms with E-state index in [0.29, 0.717) is 29.9 Å². The number of nitrogens with zero attached hydrogens (tertiary/aromatic N) is 3. The Labute approximate surface area is 134 Å². The standard InChI is InChI=1S/C16H20N4O3/c1-4-6-13-14(16(22)23)18-19-20(13)11-7-8-12(10(3)9-11)15(21)17-5-2/h7-9H,4-6H2,1-3H3,(H,17,21)(H,22,23). The predicted molar refractivity (Wildman–Crippen MR) is 85.1 cm³/mol. The fourth-order valence-electron chi connectivity index (χ4n) is 2.43. The molecule has 0 radical (unpaired) electrons. The summed E-state index contributed by atoms with van der Waals surface area (Å²) in [6, 6.07) is 5.27. The van der Waals surface area contributed by atoms with Crippen molar-refractivity contribution in [2.45, 2.75) is 33.6 Å². The van der Waals surface area contributed by atoms with E-state index in [-0.39, 0.29) is 11.6 Å². The lowest BCUT2D eigenvalue weighted by atomic mass is 10.1. The maximum atomic E-state index is 12.0. The number of aromatic carboxylic acids is 1. The highest BCUT2D eigenvalue weighted by Gasteiger charge is 2.19. The van der Waals surface area contributed by atoms with Crippen LogP contribution in [-0.2, 0) is 6.42 Å². The van der Waals surface area contributed by atoms with E-state index in [0.717, 1.165) is 12.0 Å². The number of benzene rings is 1. The summed E-state index contributed by atoms with van der Waals surface area (Å²) in [5.41, 5.74) is 2.61. The number of carbonyl (C=O) groups is 2. The number of hydrogen-bond acceptors (Lipinski definition) is 4. The molecule has 0 atom stereocenters. The second-order valence-corrected chi connectivity index (χ2v) is 5.21.